The van der Waals surface area contributed by atoms with Gasteiger partial charge in [-0.3, -0.25) is 4.79 Å². The maximum absolute atomic E-state index is 12.1. The van der Waals surface area contributed by atoms with Crippen molar-refractivity contribution in [3.8, 4) is 6.07 Å². The molecule has 0 aromatic heterocycles. The van der Waals surface area contributed by atoms with Crippen molar-refractivity contribution in [2.75, 3.05) is 18.4 Å². The lowest BCUT2D eigenvalue weighted by Crippen LogP contribution is -2.21. The van der Waals surface area contributed by atoms with Crippen molar-refractivity contribution in [3.63, 3.8) is 0 Å². The second kappa shape index (κ2) is 8.62. The van der Waals surface area contributed by atoms with Crippen molar-refractivity contribution in [3.05, 3.63) is 66.4 Å². The van der Waals surface area contributed by atoms with E-state index in [1.807, 2.05) is 6.07 Å². The van der Waals surface area contributed by atoms with E-state index in [1.54, 1.807) is 41.3 Å². The van der Waals surface area contributed by atoms with E-state index in [9.17, 15) is 4.79 Å². The SMILES string of the molecule is C=CCN(/C=C(/C#N)C(=O)Nc1ccccc1Cl)CC=C. The predicted octanol–water partition coefficient (Wildman–Crippen LogP) is 3.36. The van der Waals surface area contributed by atoms with Gasteiger partial charge in [-0.25, -0.2) is 0 Å². The molecule has 1 N–H and O–H groups in total. The Morgan fingerprint density at radius 1 is 1.33 bits per heavy atom. The highest BCUT2D eigenvalue weighted by atomic mass is 35.5. The number of hydrogen-bond donors (Lipinski definition) is 1. The van der Waals surface area contributed by atoms with Gasteiger partial charge < -0.3 is 10.2 Å². The summed E-state index contributed by atoms with van der Waals surface area (Å²) in [5.74, 6) is -0.510. The maximum Gasteiger partial charge on any atom is 0.267 e. The Balaban J connectivity index is 2.91. The first-order valence-electron chi connectivity index (χ1n) is 6.26. The van der Waals surface area contributed by atoms with Crippen LogP contribution >= 0.6 is 11.6 Å². The van der Waals surface area contributed by atoms with Gasteiger partial charge in [0.05, 0.1) is 10.7 Å². The van der Waals surface area contributed by atoms with Crippen LogP contribution in [0.1, 0.15) is 0 Å². The number of amides is 1. The lowest BCUT2D eigenvalue weighted by Gasteiger charge is -2.16. The monoisotopic (exact) mass is 301 g/mol. The fourth-order valence-electron chi connectivity index (χ4n) is 1.58. The van der Waals surface area contributed by atoms with Crippen molar-refractivity contribution >= 4 is 23.2 Å². The molecule has 5 heteroatoms. The summed E-state index contributed by atoms with van der Waals surface area (Å²) >= 11 is 5.97. The molecule has 4 nitrogen and oxygen atoms in total. The number of hydrogen-bond acceptors (Lipinski definition) is 3. The molecule has 0 aliphatic carbocycles. The van der Waals surface area contributed by atoms with Gasteiger partial charge in [0.2, 0.25) is 0 Å². The molecule has 0 aliphatic heterocycles. The largest absolute Gasteiger partial charge is 0.369 e. The topological polar surface area (TPSA) is 56.1 Å². The van der Waals surface area contributed by atoms with Crippen LogP contribution in [0.2, 0.25) is 5.02 Å². The fourth-order valence-corrected chi connectivity index (χ4v) is 1.77. The molecule has 0 spiro atoms. The van der Waals surface area contributed by atoms with Crippen molar-refractivity contribution in [2.24, 2.45) is 0 Å². The molecule has 0 unspecified atom stereocenters. The number of benzene rings is 1. The maximum atomic E-state index is 12.1. The van der Waals surface area contributed by atoms with E-state index in [0.29, 0.717) is 23.8 Å². The molecule has 21 heavy (non-hydrogen) atoms. The standard InChI is InChI=1S/C16H16ClN3O/c1-3-9-20(10-4-2)12-13(11-18)16(21)19-15-8-6-5-7-14(15)17/h3-8,12H,1-2,9-10H2,(H,19,21)/b13-12-. The van der Waals surface area contributed by atoms with Crippen LogP contribution in [0.3, 0.4) is 0 Å². The molecular weight excluding hydrogens is 286 g/mol. The zero-order valence-electron chi connectivity index (χ0n) is 11.6. The molecule has 0 atom stereocenters. The highest BCUT2D eigenvalue weighted by molar-refractivity contribution is 6.33. The first-order valence-corrected chi connectivity index (χ1v) is 6.63. The molecule has 0 bridgehead atoms. The summed E-state index contributed by atoms with van der Waals surface area (Å²) in [6.07, 6.45) is 4.84. The van der Waals surface area contributed by atoms with E-state index in [4.69, 9.17) is 16.9 Å². The van der Waals surface area contributed by atoms with Crippen molar-refractivity contribution in [2.45, 2.75) is 0 Å². The predicted molar refractivity (Wildman–Crippen MR) is 85.7 cm³/mol. The fraction of sp³-hybridized carbons (Fsp3) is 0.125. The van der Waals surface area contributed by atoms with Crippen LogP contribution in [0.4, 0.5) is 5.69 Å². The Labute approximate surface area is 129 Å². The number of halogens is 1. The van der Waals surface area contributed by atoms with Crippen LogP contribution in [0.25, 0.3) is 0 Å². The average molecular weight is 302 g/mol. The zero-order chi connectivity index (χ0) is 15.7. The van der Waals surface area contributed by atoms with Crippen molar-refractivity contribution in [1.82, 2.24) is 4.90 Å². The normalized spacial score (nSPS) is 10.4. The molecule has 1 aromatic carbocycles. The van der Waals surface area contributed by atoms with E-state index in [-0.39, 0.29) is 5.57 Å². The Hall–Kier alpha value is -2.51. The van der Waals surface area contributed by atoms with Crippen molar-refractivity contribution in [1.29, 1.82) is 5.26 Å². The molecule has 0 fully saturated rings. The van der Waals surface area contributed by atoms with Gasteiger partial charge in [0.1, 0.15) is 11.6 Å². The third kappa shape index (κ3) is 5.17. The van der Waals surface area contributed by atoms with Crippen LogP contribution in [0.5, 0.6) is 0 Å². The molecular formula is C16H16ClN3O. The Bertz CT molecular complexity index is 592. The van der Waals surface area contributed by atoms with E-state index in [0.717, 1.165) is 0 Å². The molecule has 0 saturated heterocycles. The lowest BCUT2D eigenvalue weighted by molar-refractivity contribution is -0.112. The number of carbonyl (C=O) groups is 1. The second-order valence-electron chi connectivity index (χ2n) is 4.12. The highest BCUT2D eigenvalue weighted by Gasteiger charge is 2.12. The first kappa shape index (κ1) is 16.5. The van der Waals surface area contributed by atoms with Gasteiger partial charge in [0.25, 0.3) is 5.91 Å². The number of nitrogens with zero attached hydrogens (tertiary/aromatic N) is 2. The Kier molecular flexibility index (Phi) is 6.79. The second-order valence-corrected chi connectivity index (χ2v) is 4.53. The van der Waals surface area contributed by atoms with Gasteiger partial charge in [0.15, 0.2) is 0 Å². The lowest BCUT2D eigenvalue weighted by atomic mass is 10.2. The van der Waals surface area contributed by atoms with Crippen LogP contribution in [0, 0.1) is 11.3 Å². The van der Waals surface area contributed by atoms with Gasteiger partial charge in [-0.1, -0.05) is 35.9 Å². The number of nitrogens with one attached hydrogen (secondary N) is 1. The summed E-state index contributed by atoms with van der Waals surface area (Å²) in [6, 6.07) is 8.72. The molecule has 0 radical (unpaired) electrons. The third-order valence-corrected chi connectivity index (χ3v) is 2.86. The van der Waals surface area contributed by atoms with Crippen molar-refractivity contribution < 1.29 is 4.79 Å². The van der Waals surface area contributed by atoms with Gasteiger partial charge in [0, 0.05) is 19.3 Å². The zero-order valence-corrected chi connectivity index (χ0v) is 12.3. The summed E-state index contributed by atoms with van der Waals surface area (Å²) in [7, 11) is 0. The summed E-state index contributed by atoms with van der Waals surface area (Å²) in [5.41, 5.74) is 0.447. The molecule has 1 aromatic rings. The summed E-state index contributed by atoms with van der Waals surface area (Å²) in [4.78, 5) is 13.9. The Morgan fingerprint density at radius 3 is 2.48 bits per heavy atom. The van der Waals surface area contributed by atoms with Crippen LogP contribution in [-0.4, -0.2) is 23.9 Å². The summed E-state index contributed by atoms with van der Waals surface area (Å²) in [6.45, 7) is 8.29. The molecule has 0 saturated carbocycles. The van der Waals surface area contributed by atoms with E-state index in [1.165, 1.54) is 6.20 Å². The minimum absolute atomic E-state index is 0.0152. The Morgan fingerprint density at radius 2 is 1.95 bits per heavy atom. The van der Waals surface area contributed by atoms with Gasteiger partial charge >= 0.3 is 0 Å². The molecule has 1 amide bonds. The van der Waals surface area contributed by atoms with Gasteiger partial charge in [-0.2, -0.15) is 5.26 Å². The van der Waals surface area contributed by atoms with Gasteiger partial charge in [-0.05, 0) is 12.1 Å². The molecule has 0 heterocycles. The minimum Gasteiger partial charge on any atom is -0.369 e. The third-order valence-electron chi connectivity index (χ3n) is 2.53. The van der Waals surface area contributed by atoms with Crippen LogP contribution in [0.15, 0.2) is 61.3 Å². The van der Waals surface area contributed by atoms with E-state index < -0.39 is 5.91 Å². The number of nitriles is 1. The number of rotatable bonds is 7. The number of para-hydroxylation sites is 1. The molecule has 1 rings (SSSR count). The molecule has 0 aliphatic rings. The number of anilines is 1. The average Bonchev–Trinajstić information content (AvgIpc) is 2.47. The molecule has 108 valence electrons. The van der Waals surface area contributed by atoms with E-state index in [2.05, 4.69) is 18.5 Å². The van der Waals surface area contributed by atoms with Gasteiger partial charge in [-0.15, -0.1) is 13.2 Å². The quantitative estimate of drug-likeness (QED) is 0.477. The summed E-state index contributed by atoms with van der Waals surface area (Å²) < 4.78 is 0. The first-order chi connectivity index (χ1) is 10.1. The smallest absolute Gasteiger partial charge is 0.267 e. The van der Waals surface area contributed by atoms with E-state index >= 15 is 0 Å². The minimum atomic E-state index is -0.510. The highest BCUT2D eigenvalue weighted by Crippen LogP contribution is 2.20. The van der Waals surface area contributed by atoms with Crippen LogP contribution in [-0.2, 0) is 4.79 Å². The summed E-state index contributed by atoms with van der Waals surface area (Å²) in [5, 5.41) is 12.2. The number of carbonyl (C=O) groups excluding carboxylic acids is 1. The van der Waals surface area contributed by atoms with Crippen LogP contribution < -0.4 is 5.32 Å².